The number of carbonyl (C=O) groups excluding carboxylic acids is 1. The number of hydrogen-bond donors (Lipinski definition) is 0. The molecule has 1 aliphatic rings. The molecule has 0 spiro atoms. The number of unbranched alkanes of at least 4 members (excludes halogenated alkanes) is 5. The number of hydrogen-bond acceptors (Lipinski definition) is 6. The molecule has 0 radical (unpaired) electrons. The van der Waals surface area contributed by atoms with Crippen molar-refractivity contribution < 1.29 is 4.79 Å². The first-order valence-corrected chi connectivity index (χ1v) is 18.2. The Morgan fingerprint density at radius 1 is 0.773 bits per heavy atom. The lowest BCUT2D eigenvalue weighted by atomic mass is 9.96. The molecule has 1 aliphatic heterocycles. The van der Waals surface area contributed by atoms with Gasteiger partial charge in [-0.2, -0.15) is 0 Å². The van der Waals surface area contributed by atoms with Crippen molar-refractivity contribution in [3.05, 3.63) is 118 Å². The van der Waals surface area contributed by atoms with Gasteiger partial charge in [0.2, 0.25) is 5.78 Å². The second kappa shape index (κ2) is 17.1. The first-order valence-electron chi connectivity index (χ1n) is 16.4. The van der Waals surface area contributed by atoms with E-state index < -0.39 is 0 Å². The number of ketones is 1. The highest BCUT2D eigenvalue weighted by atomic mass is 32.2. The number of pyridine rings is 1. The minimum Gasteiger partial charge on any atom is -0.301 e. The molecule has 0 bridgehead atoms. The predicted octanol–water partition coefficient (Wildman–Crippen LogP) is 9.34. The average Bonchev–Trinajstić information content (AvgIpc) is 3.61. The van der Waals surface area contributed by atoms with Crippen molar-refractivity contribution in [2.45, 2.75) is 69.4 Å². The van der Waals surface area contributed by atoms with Crippen molar-refractivity contribution in [1.29, 1.82) is 0 Å². The maximum absolute atomic E-state index is 13.1. The number of rotatable bonds is 16. The molecule has 3 heterocycles. The molecule has 0 unspecified atom stereocenters. The van der Waals surface area contributed by atoms with Gasteiger partial charge in [0.1, 0.15) is 5.03 Å². The molecule has 0 N–H and O–H groups in total. The summed E-state index contributed by atoms with van der Waals surface area (Å²) in [5, 5.41) is 2.86. The van der Waals surface area contributed by atoms with Crippen molar-refractivity contribution >= 4 is 28.9 Å². The molecule has 0 aliphatic carbocycles. The Bertz CT molecular complexity index is 1360. The smallest absolute Gasteiger partial charge is 0.205 e. The van der Waals surface area contributed by atoms with Crippen LogP contribution in [0.3, 0.4) is 0 Å². The van der Waals surface area contributed by atoms with Crippen LogP contribution < -0.4 is 0 Å². The van der Waals surface area contributed by atoms with Gasteiger partial charge in [-0.3, -0.25) is 9.69 Å². The summed E-state index contributed by atoms with van der Waals surface area (Å²) in [5.74, 6) is 1.46. The Balaban J connectivity index is 0.986. The van der Waals surface area contributed by atoms with Crippen LogP contribution in [0.1, 0.15) is 96.4 Å². The number of thiophene rings is 1. The third-order valence-electron chi connectivity index (χ3n) is 8.57. The quantitative estimate of drug-likeness (QED) is 0.0705. The topological polar surface area (TPSA) is 36.4 Å². The minimum absolute atomic E-state index is 0.0962. The largest absolute Gasteiger partial charge is 0.301 e. The fourth-order valence-corrected chi connectivity index (χ4v) is 7.75. The van der Waals surface area contributed by atoms with E-state index in [0.717, 1.165) is 59.5 Å². The zero-order chi connectivity index (χ0) is 30.6. The zero-order valence-electron chi connectivity index (χ0n) is 26.4. The van der Waals surface area contributed by atoms with Crippen molar-refractivity contribution in [3.63, 3.8) is 0 Å². The number of carbonyl (C=O) groups is 1. The van der Waals surface area contributed by atoms with Crippen molar-refractivity contribution in [2.75, 3.05) is 38.5 Å². The van der Waals surface area contributed by atoms with Crippen LogP contribution in [0.25, 0.3) is 0 Å². The predicted molar refractivity (Wildman–Crippen MR) is 187 cm³/mol. The summed E-state index contributed by atoms with van der Waals surface area (Å²) in [6, 6.07) is 30.1. The Morgan fingerprint density at radius 2 is 1.41 bits per heavy atom. The van der Waals surface area contributed by atoms with Crippen molar-refractivity contribution in [3.8, 4) is 0 Å². The van der Waals surface area contributed by atoms with Gasteiger partial charge in [0.05, 0.1) is 16.5 Å². The third-order valence-corrected chi connectivity index (χ3v) is 10.5. The summed E-state index contributed by atoms with van der Waals surface area (Å²) < 4.78 is 0. The van der Waals surface area contributed by atoms with Crippen LogP contribution in [-0.2, 0) is 0 Å². The van der Waals surface area contributed by atoms with Gasteiger partial charge in [0.15, 0.2) is 0 Å². The molecule has 5 rings (SSSR count). The molecule has 4 nitrogen and oxygen atoms in total. The summed E-state index contributed by atoms with van der Waals surface area (Å²) >= 11 is 3.26. The maximum Gasteiger partial charge on any atom is 0.205 e. The van der Waals surface area contributed by atoms with E-state index in [4.69, 9.17) is 4.98 Å². The summed E-state index contributed by atoms with van der Waals surface area (Å²) in [6.45, 7) is 10.1. The fourth-order valence-electron chi connectivity index (χ4n) is 6.04. The highest BCUT2D eigenvalue weighted by molar-refractivity contribution is 7.99. The summed E-state index contributed by atoms with van der Waals surface area (Å²) in [6.07, 6.45) is 7.58. The number of nitrogens with zero attached hydrogens (tertiary/aromatic N) is 3. The lowest BCUT2D eigenvalue weighted by Gasteiger charge is -2.39. The summed E-state index contributed by atoms with van der Waals surface area (Å²) in [4.78, 5) is 24.1. The van der Waals surface area contributed by atoms with E-state index in [1.54, 1.807) is 11.8 Å². The Morgan fingerprint density at radius 3 is 2.02 bits per heavy atom. The monoisotopic (exact) mass is 625 g/mol. The van der Waals surface area contributed by atoms with Crippen molar-refractivity contribution in [1.82, 2.24) is 14.8 Å². The average molecular weight is 626 g/mol. The second-order valence-corrected chi connectivity index (χ2v) is 14.2. The van der Waals surface area contributed by atoms with Gasteiger partial charge in [0, 0.05) is 31.9 Å². The first-order chi connectivity index (χ1) is 21.6. The number of piperazine rings is 1. The number of benzene rings is 2. The Labute approximate surface area is 272 Å². The Kier molecular flexibility index (Phi) is 12.7. The van der Waals surface area contributed by atoms with E-state index in [-0.39, 0.29) is 5.78 Å². The SMILES string of the molecule is CC(C)c1ccc(C(=O)c2cccs2)c(SCCCCCCCCN2CCN(C(c3ccccc3)c3ccccc3)CC2)n1. The molecular formula is C38H47N3OS2. The number of thioether (sulfide) groups is 1. The van der Waals surface area contributed by atoms with Crippen LogP contribution in [0.5, 0.6) is 0 Å². The van der Waals surface area contributed by atoms with Gasteiger partial charge in [-0.25, -0.2) is 4.98 Å². The molecule has 44 heavy (non-hydrogen) atoms. The minimum atomic E-state index is 0.0962. The summed E-state index contributed by atoms with van der Waals surface area (Å²) in [5.41, 5.74) is 4.58. The van der Waals surface area contributed by atoms with E-state index in [2.05, 4.69) is 84.3 Å². The van der Waals surface area contributed by atoms with E-state index in [9.17, 15) is 4.79 Å². The third kappa shape index (κ3) is 9.13. The first kappa shape index (κ1) is 32.6. The molecule has 6 heteroatoms. The lowest BCUT2D eigenvalue weighted by Crippen LogP contribution is -2.48. The highest BCUT2D eigenvalue weighted by Crippen LogP contribution is 2.30. The normalized spacial score (nSPS) is 14.5. The zero-order valence-corrected chi connectivity index (χ0v) is 28.0. The van der Waals surface area contributed by atoms with Crippen LogP contribution in [-0.4, -0.2) is 59.0 Å². The van der Waals surface area contributed by atoms with Gasteiger partial charge in [0.25, 0.3) is 0 Å². The van der Waals surface area contributed by atoms with Crippen LogP contribution in [0.4, 0.5) is 0 Å². The Hall–Kier alpha value is -2.77. The molecule has 232 valence electrons. The molecule has 0 saturated carbocycles. The molecule has 2 aromatic carbocycles. The van der Waals surface area contributed by atoms with E-state index in [1.165, 1.54) is 61.1 Å². The fraction of sp³-hybridized carbons (Fsp3) is 0.421. The molecule has 1 saturated heterocycles. The molecule has 2 aromatic heterocycles. The van der Waals surface area contributed by atoms with Crippen LogP contribution in [0, 0.1) is 0 Å². The standard InChI is InChI=1S/C38H47N3OS2/c1-30(2)34-22-21-33(37(42)35-20-15-29-43-35)38(39-34)44-28-14-6-4-3-5-13-23-40-24-26-41(27-25-40)36(31-16-9-7-10-17-31)32-18-11-8-12-19-32/h7-12,15-22,29-30,36H,3-6,13-14,23-28H2,1-2H3. The van der Waals surface area contributed by atoms with Gasteiger partial charge in [-0.1, -0.05) is 106 Å². The van der Waals surface area contributed by atoms with Gasteiger partial charge < -0.3 is 4.90 Å². The highest BCUT2D eigenvalue weighted by Gasteiger charge is 2.26. The van der Waals surface area contributed by atoms with Crippen LogP contribution in [0.2, 0.25) is 0 Å². The van der Waals surface area contributed by atoms with E-state index >= 15 is 0 Å². The van der Waals surface area contributed by atoms with Gasteiger partial charge in [-0.15, -0.1) is 23.1 Å². The molecule has 1 fully saturated rings. The van der Waals surface area contributed by atoms with Gasteiger partial charge >= 0.3 is 0 Å². The van der Waals surface area contributed by atoms with Crippen LogP contribution in [0.15, 0.2) is 95.3 Å². The maximum atomic E-state index is 13.1. The van der Waals surface area contributed by atoms with Gasteiger partial charge in [-0.05, 0) is 65.8 Å². The van der Waals surface area contributed by atoms with Crippen molar-refractivity contribution in [2.24, 2.45) is 0 Å². The molecule has 0 amide bonds. The molecule has 0 atom stereocenters. The van der Waals surface area contributed by atoms with E-state index in [1.807, 2.05) is 29.6 Å². The summed E-state index contributed by atoms with van der Waals surface area (Å²) in [7, 11) is 0. The lowest BCUT2D eigenvalue weighted by molar-refractivity contribution is 0.103. The second-order valence-electron chi connectivity index (χ2n) is 12.1. The number of aromatic nitrogens is 1. The molecule has 4 aromatic rings. The molecular weight excluding hydrogens is 579 g/mol. The van der Waals surface area contributed by atoms with Crippen LogP contribution >= 0.6 is 23.1 Å². The van der Waals surface area contributed by atoms with E-state index in [0.29, 0.717) is 12.0 Å².